The van der Waals surface area contributed by atoms with Gasteiger partial charge in [-0.05, 0) is 42.7 Å². The van der Waals surface area contributed by atoms with E-state index >= 15 is 0 Å². The average molecular weight is 404 g/mol. The van der Waals surface area contributed by atoms with E-state index in [0.717, 1.165) is 16.8 Å². The number of rotatable bonds is 5. The predicted molar refractivity (Wildman–Crippen MR) is 113 cm³/mol. The fourth-order valence-corrected chi connectivity index (χ4v) is 3.24. The van der Waals surface area contributed by atoms with E-state index in [0.29, 0.717) is 19.6 Å². The second kappa shape index (κ2) is 8.36. The number of likely N-dealkylation sites (tertiary alicyclic amines) is 1. The van der Waals surface area contributed by atoms with Crippen LogP contribution in [0.3, 0.4) is 0 Å². The van der Waals surface area contributed by atoms with Gasteiger partial charge in [0.15, 0.2) is 5.69 Å². The van der Waals surface area contributed by atoms with Gasteiger partial charge in [-0.1, -0.05) is 41.6 Å². The molecule has 2 heterocycles. The van der Waals surface area contributed by atoms with Crippen LogP contribution in [-0.2, 0) is 6.54 Å². The molecule has 8 nitrogen and oxygen atoms in total. The van der Waals surface area contributed by atoms with Crippen molar-refractivity contribution in [3.63, 3.8) is 0 Å². The fourth-order valence-electron chi connectivity index (χ4n) is 3.24. The van der Waals surface area contributed by atoms with Crippen molar-refractivity contribution in [1.82, 2.24) is 25.2 Å². The van der Waals surface area contributed by atoms with E-state index in [4.69, 9.17) is 0 Å². The van der Waals surface area contributed by atoms with Crippen LogP contribution in [0, 0.1) is 13.8 Å². The molecule has 0 spiro atoms. The molecule has 3 amide bonds. The highest BCUT2D eigenvalue weighted by Gasteiger charge is 2.33. The van der Waals surface area contributed by atoms with Crippen LogP contribution in [0.25, 0.3) is 0 Å². The first-order chi connectivity index (χ1) is 14.5. The lowest BCUT2D eigenvalue weighted by Crippen LogP contribution is -2.52. The number of hydrogen-bond acceptors (Lipinski definition) is 4. The van der Waals surface area contributed by atoms with E-state index in [1.807, 2.05) is 62.4 Å². The Bertz CT molecular complexity index is 1060. The quantitative estimate of drug-likeness (QED) is 0.684. The van der Waals surface area contributed by atoms with Crippen LogP contribution in [0.1, 0.15) is 33.2 Å². The maximum Gasteiger partial charge on any atom is 0.321 e. The molecule has 8 heteroatoms. The van der Waals surface area contributed by atoms with Gasteiger partial charge in [0.1, 0.15) is 0 Å². The van der Waals surface area contributed by atoms with Crippen LogP contribution < -0.4 is 10.6 Å². The van der Waals surface area contributed by atoms with Gasteiger partial charge < -0.3 is 15.5 Å². The monoisotopic (exact) mass is 404 g/mol. The molecule has 1 saturated heterocycles. The number of aryl methyl sites for hydroxylation is 2. The van der Waals surface area contributed by atoms with Gasteiger partial charge in [-0.15, -0.1) is 5.10 Å². The third-order valence-electron chi connectivity index (χ3n) is 5.32. The summed E-state index contributed by atoms with van der Waals surface area (Å²) in [6, 6.07) is 15.4. The lowest BCUT2D eigenvalue weighted by molar-refractivity contribution is 0.0945. The fraction of sp³-hybridized carbons (Fsp3) is 0.273. The largest absolute Gasteiger partial charge is 0.347 e. The van der Waals surface area contributed by atoms with E-state index in [-0.39, 0.29) is 23.7 Å². The second-order valence-corrected chi connectivity index (χ2v) is 7.54. The molecule has 1 fully saturated rings. The molecule has 1 aliphatic rings. The van der Waals surface area contributed by atoms with Crippen molar-refractivity contribution < 1.29 is 9.59 Å². The summed E-state index contributed by atoms with van der Waals surface area (Å²) in [4.78, 5) is 26.4. The van der Waals surface area contributed by atoms with Gasteiger partial charge >= 0.3 is 6.03 Å². The SMILES string of the molecule is Cc1ccc(NC(=O)N2CC(n3cc(C(=O)NCc4ccccc4)nn3)C2)cc1C. The Morgan fingerprint density at radius 1 is 1.07 bits per heavy atom. The number of anilines is 1. The first kappa shape index (κ1) is 19.6. The van der Waals surface area contributed by atoms with Crippen LogP contribution in [0.5, 0.6) is 0 Å². The maximum absolute atomic E-state index is 12.4. The maximum atomic E-state index is 12.4. The smallest absolute Gasteiger partial charge is 0.321 e. The number of carbonyl (C=O) groups is 2. The predicted octanol–water partition coefficient (Wildman–Crippen LogP) is 2.91. The van der Waals surface area contributed by atoms with Crippen LogP contribution in [0.4, 0.5) is 10.5 Å². The molecular weight excluding hydrogens is 380 g/mol. The van der Waals surface area contributed by atoms with Gasteiger partial charge in [-0.3, -0.25) is 4.79 Å². The Morgan fingerprint density at radius 2 is 1.83 bits per heavy atom. The molecule has 0 bridgehead atoms. The molecule has 2 aromatic carbocycles. The van der Waals surface area contributed by atoms with Gasteiger partial charge in [-0.25, -0.2) is 9.48 Å². The molecule has 3 aromatic rings. The van der Waals surface area contributed by atoms with E-state index < -0.39 is 0 Å². The van der Waals surface area contributed by atoms with E-state index in [1.165, 1.54) is 5.56 Å². The Balaban J connectivity index is 1.27. The third-order valence-corrected chi connectivity index (χ3v) is 5.32. The van der Waals surface area contributed by atoms with E-state index in [1.54, 1.807) is 15.8 Å². The zero-order valence-electron chi connectivity index (χ0n) is 17.0. The van der Waals surface area contributed by atoms with Crippen LogP contribution in [0.15, 0.2) is 54.7 Å². The minimum absolute atomic E-state index is 0.0127. The molecule has 0 aliphatic carbocycles. The highest BCUT2D eigenvalue weighted by molar-refractivity contribution is 5.92. The summed E-state index contributed by atoms with van der Waals surface area (Å²) < 4.78 is 1.65. The molecule has 0 saturated carbocycles. The van der Waals surface area contributed by atoms with E-state index in [9.17, 15) is 9.59 Å². The topological polar surface area (TPSA) is 92.2 Å². The molecule has 0 unspecified atom stereocenters. The summed E-state index contributed by atoms with van der Waals surface area (Å²) in [6.45, 7) is 5.52. The second-order valence-electron chi connectivity index (χ2n) is 7.54. The summed E-state index contributed by atoms with van der Waals surface area (Å²) in [6.07, 6.45) is 1.63. The van der Waals surface area contributed by atoms with Crippen LogP contribution in [-0.4, -0.2) is 44.9 Å². The van der Waals surface area contributed by atoms with E-state index in [2.05, 4.69) is 20.9 Å². The van der Waals surface area contributed by atoms with Gasteiger partial charge in [0, 0.05) is 25.3 Å². The lowest BCUT2D eigenvalue weighted by Gasteiger charge is -2.38. The molecule has 0 radical (unpaired) electrons. The third kappa shape index (κ3) is 4.32. The molecule has 4 rings (SSSR count). The molecule has 0 atom stereocenters. The number of benzene rings is 2. The first-order valence-corrected chi connectivity index (χ1v) is 9.87. The van der Waals surface area contributed by atoms with Gasteiger partial charge in [0.25, 0.3) is 5.91 Å². The van der Waals surface area contributed by atoms with Crippen molar-refractivity contribution in [3.05, 3.63) is 77.1 Å². The van der Waals surface area contributed by atoms with Crippen molar-refractivity contribution in [2.45, 2.75) is 26.4 Å². The number of nitrogens with zero attached hydrogens (tertiary/aromatic N) is 4. The molecule has 154 valence electrons. The number of nitrogens with one attached hydrogen (secondary N) is 2. The molecule has 1 aliphatic heterocycles. The number of hydrogen-bond donors (Lipinski definition) is 2. The highest BCUT2D eigenvalue weighted by atomic mass is 16.2. The number of amides is 3. The molecule has 1 aromatic heterocycles. The van der Waals surface area contributed by atoms with Crippen LogP contribution in [0.2, 0.25) is 0 Å². The van der Waals surface area contributed by atoms with Crippen molar-refractivity contribution >= 4 is 17.6 Å². The minimum atomic E-state index is -0.270. The zero-order chi connectivity index (χ0) is 21.1. The minimum Gasteiger partial charge on any atom is -0.347 e. The molecule has 30 heavy (non-hydrogen) atoms. The zero-order valence-corrected chi connectivity index (χ0v) is 17.0. The van der Waals surface area contributed by atoms with Crippen molar-refractivity contribution in [2.24, 2.45) is 0 Å². The summed E-state index contributed by atoms with van der Waals surface area (Å²) >= 11 is 0. The van der Waals surface area contributed by atoms with Crippen molar-refractivity contribution in [3.8, 4) is 0 Å². The number of urea groups is 1. The Kier molecular flexibility index (Phi) is 5.47. The van der Waals surface area contributed by atoms with Crippen molar-refractivity contribution in [1.29, 1.82) is 0 Å². The summed E-state index contributed by atoms with van der Waals surface area (Å²) in [5.41, 5.74) is 4.39. The van der Waals surface area contributed by atoms with Crippen LogP contribution >= 0.6 is 0 Å². The molecule has 2 N–H and O–H groups in total. The van der Waals surface area contributed by atoms with Gasteiger partial charge in [-0.2, -0.15) is 0 Å². The lowest BCUT2D eigenvalue weighted by atomic mass is 10.1. The first-order valence-electron chi connectivity index (χ1n) is 9.87. The summed E-state index contributed by atoms with van der Waals surface area (Å²) in [5.74, 6) is -0.270. The summed E-state index contributed by atoms with van der Waals surface area (Å²) in [7, 11) is 0. The van der Waals surface area contributed by atoms with Crippen molar-refractivity contribution in [2.75, 3.05) is 18.4 Å². The highest BCUT2D eigenvalue weighted by Crippen LogP contribution is 2.22. The number of carbonyl (C=O) groups excluding carboxylic acids is 2. The Labute approximate surface area is 174 Å². The number of aromatic nitrogens is 3. The van der Waals surface area contributed by atoms with Gasteiger partial charge in [0.05, 0.1) is 12.2 Å². The average Bonchev–Trinajstić information content (AvgIpc) is 3.18. The Hall–Kier alpha value is -3.68. The van der Waals surface area contributed by atoms with Gasteiger partial charge in [0.2, 0.25) is 0 Å². The molecular formula is C22H24N6O2. The standard InChI is InChI=1S/C22H24N6O2/c1-15-8-9-18(10-16(15)2)24-22(30)27-12-19(13-27)28-14-20(25-26-28)21(29)23-11-17-6-4-3-5-7-17/h3-10,14,19H,11-13H2,1-2H3,(H,23,29)(H,24,30). The Morgan fingerprint density at radius 3 is 2.57 bits per heavy atom. The normalized spacial score (nSPS) is 13.6. The summed E-state index contributed by atoms with van der Waals surface area (Å²) in [5, 5.41) is 13.8.